The van der Waals surface area contributed by atoms with E-state index in [0.29, 0.717) is 27.8 Å². The Hall–Kier alpha value is -3.56. The third-order valence-electron chi connectivity index (χ3n) is 5.21. The number of nitrogens with one attached hydrogen (secondary N) is 1. The summed E-state index contributed by atoms with van der Waals surface area (Å²) in [6.07, 6.45) is 0. The summed E-state index contributed by atoms with van der Waals surface area (Å²) in [4.78, 5) is 12.9. The SMILES string of the molecule is COc1ccc(/C(C)=N\NC(=O)CN(c2ccc(C)c(Cl)c2)S(=O)(=O)c2ccccc2)cc1OC. The van der Waals surface area contributed by atoms with Crippen molar-refractivity contribution in [2.75, 3.05) is 25.1 Å². The molecule has 3 rings (SSSR count). The van der Waals surface area contributed by atoms with Gasteiger partial charge in [0.05, 0.1) is 30.5 Å². The van der Waals surface area contributed by atoms with Gasteiger partial charge in [-0.15, -0.1) is 0 Å². The van der Waals surface area contributed by atoms with E-state index >= 15 is 0 Å². The Kier molecular flexibility index (Phi) is 8.37. The van der Waals surface area contributed by atoms with Gasteiger partial charge in [-0.2, -0.15) is 5.10 Å². The van der Waals surface area contributed by atoms with Crippen molar-refractivity contribution < 1.29 is 22.7 Å². The molecule has 0 spiro atoms. The molecule has 0 saturated carbocycles. The molecule has 35 heavy (non-hydrogen) atoms. The number of ether oxygens (including phenoxy) is 2. The number of aryl methyl sites for hydroxylation is 1. The monoisotopic (exact) mass is 515 g/mol. The molecular weight excluding hydrogens is 490 g/mol. The Balaban J connectivity index is 1.87. The summed E-state index contributed by atoms with van der Waals surface area (Å²) in [5.41, 5.74) is 4.67. The molecule has 0 aliphatic heterocycles. The predicted molar refractivity (Wildman–Crippen MR) is 137 cm³/mol. The zero-order valence-corrected chi connectivity index (χ0v) is 21.4. The highest BCUT2D eigenvalue weighted by Crippen LogP contribution is 2.29. The molecule has 0 radical (unpaired) electrons. The molecule has 0 aliphatic rings. The minimum atomic E-state index is -4.05. The van der Waals surface area contributed by atoms with Crippen molar-refractivity contribution in [1.82, 2.24) is 5.43 Å². The van der Waals surface area contributed by atoms with E-state index in [1.54, 1.807) is 62.4 Å². The minimum absolute atomic E-state index is 0.0505. The summed E-state index contributed by atoms with van der Waals surface area (Å²) in [6.45, 7) is 3.01. The maximum absolute atomic E-state index is 13.4. The summed E-state index contributed by atoms with van der Waals surface area (Å²) in [5.74, 6) is 0.454. The number of nitrogens with zero attached hydrogens (tertiary/aromatic N) is 2. The fourth-order valence-corrected chi connectivity index (χ4v) is 4.82. The quantitative estimate of drug-likeness (QED) is 0.336. The van der Waals surface area contributed by atoms with Crippen LogP contribution in [0.5, 0.6) is 11.5 Å². The summed E-state index contributed by atoms with van der Waals surface area (Å²) < 4.78 is 38.3. The van der Waals surface area contributed by atoms with Gasteiger partial charge in [0.2, 0.25) is 0 Å². The lowest BCUT2D eigenvalue weighted by Crippen LogP contribution is -2.39. The molecule has 0 aliphatic carbocycles. The van der Waals surface area contributed by atoms with Crippen LogP contribution in [-0.2, 0) is 14.8 Å². The molecule has 0 atom stereocenters. The molecule has 0 unspecified atom stereocenters. The van der Waals surface area contributed by atoms with Crippen LogP contribution >= 0.6 is 11.6 Å². The number of hydrazone groups is 1. The van der Waals surface area contributed by atoms with Gasteiger partial charge < -0.3 is 9.47 Å². The number of sulfonamides is 1. The van der Waals surface area contributed by atoms with Gasteiger partial charge in [0, 0.05) is 10.6 Å². The maximum Gasteiger partial charge on any atom is 0.264 e. The van der Waals surface area contributed by atoms with Crippen molar-refractivity contribution in [2.45, 2.75) is 18.7 Å². The standard InChI is InChI=1S/C25H26ClN3O5S/c1-17-10-12-20(15-22(17)26)29(35(31,32)21-8-6-5-7-9-21)16-25(30)28-27-18(2)19-11-13-23(33-3)24(14-19)34-4/h5-15H,16H2,1-4H3,(H,28,30)/b27-18-. The van der Waals surface area contributed by atoms with Gasteiger partial charge >= 0.3 is 0 Å². The number of halogens is 1. The van der Waals surface area contributed by atoms with Crippen molar-refractivity contribution in [2.24, 2.45) is 5.10 Å². The second-order valence-corrected chi connectivity index (χ2v) is 9.83. The van der Waals surface area contributed by atoms with Crippen molar-refractivity contribution >= 4 is 38.9 Å². The van der Waals surface area contributed by atoms with Gasteiger partial charge in [0.1, 0.15) is 6.54 Å². The Morgan fingerprint density at radius 1 is 1.00 bits per heavy atom. The van der Waals surface area contributed by atoms with E-state index in [0.717, 1.165) is 9.87 Å². The van der Waals surface area contributed by atoms with E-state index < -0.39 is 22.5 Å². The smallest absolute Gasteiger partial charge is 0.264 e. The average molecular weight is 516 g/mol. The molecule has 8 nitrogen and oxygen atoms in total. The number of carbonyl (C=O) groups excluding carboxylic acids is 1. The van der Waals surface area contributed by atoms with E-state index in [1.165, 1.54) is 32.4 Å². The Morgan fingerprint density at radius 3 is 2.31 bits per heavy atom. The molecule has 0 heterocycles. The molecule has 3 aromatic carbocycles. The first-order valence-electron chi connectivity index (χ1n) is 10.6. The first-order valence-corrected chi connectivity index (χ1v) is 12.4. The summed E-state index contributed by atoms with van der Waals surface area (Å²) in [6, 6.07) is 17.9. The van der Waals surface area contributed by atoms with Crippen LogP contribution in [0.15, 0.2) is 76.7 Å². The number of hydrogen-bond acceptors (Lipinski definition) is 6. The second kappa shape index (κ2) is 11.2. The van der Waals surface area contributed by atoms with Crippen LogP contribution in [0.2, 0.25) is 5.02 Å². The number of methoxy groups -OCH3 is 2. The number of rotatable bonds is 9. The molecule has 1 N–H and O–H groups in total. The van der Waals surface area contributed by atoms with Crippen molar-refractivity contribution in [3.8, 4) is 11.5 Å². The molecule has 0 bridgehead atoms. The van der Waals surface area contributed by atoms with Crippen molar-refractivity contribution in [3.05, 3.63) is 82.9 Å². The van der Waals surface area contributed by atoms with Crippen LogP contribution in [-0.4, -0.2) is 40.8 Å². The van der Waals surface area contributed by atoms with E-state index in [1.807, 2.05) is 0 Å². The lowest BCUT2D eigenvalue weighted by molar-refractivity contribution is -0.119. The molecule has 3 aromatic rings. The molecule has 0 aromatic heterocycles. The molecule has 10 heteroatoms. The van der Waals surface area contributed by atoms with Gasteiger partial charge in [-0.1, -0.05) is 35.9 Å². The topological polar surface area (TPSA) is 97.3 Å². The number of hydrogen-bond donors (Lipinski definition) is 1. The summed E-state index contributed by atoms with van der Waals surface area (Å²) in [5, 5.41) is 4.52. The zero-order chi connectivity index (χ0) is 25.6. The summed E-state index contributed by atoms with van der Waals surface area (Å²) >= 11 is 6.24. The van der Waals surface area contributed by atoms with Gasteiger partial charge in [-0.25, -0.2) is 13.8 Å². The fraction of sp³-hybridized carbons (Fsp3) is 0.200. The Bertz CT molecular complexity index is 1340. The van der Waals surface area contributed by atoms with Crippen molar-refractivity contribution in [3.63, 3.8) is 0 Å². The van der Waals surface area contributed by atoms with Gasteiger partial charge in [-0.3, -0.25) is 9.10 Å². The van der Waals surface area contributed by atoms with Crippen LogP contribution in [0.25, 0.3) is 0 Å². The second-order valence-electron chi connectivity index (χ2n) is 7.56. The Morgan fingerprint density at radius 2 is 1.69 bits per heavy atom. The fourth-order valence-electron chi connectivity index (χ4n) is 3.21. The van der Waals surface area contributed by atoms with Crippen LogP contribution in [0.4, 0.5) is 5.69 Å². The van der Waals surface area contributed by atoms with Gasteiger partial charge in [0.15, 0.2) is 11.5 Å². The highest BCUT2D eigenvalue weighted by molar-refractivity contribution is 7.92. The highest BCUT2D eigenvalue weighted by Gasteiger charge is 2.27. The molecule has 184 valence electrons. The third kappa shape index (κ3) is 6.12. The van der Waals surface area contributed by atoms with Crippen LogP contribution in [0.3, 0.4) is 0 Å². The predicted octanol–water partition coefficient (Wildman–Crippen LogP) is 4.40. The first kappa shape index (κ1) is 26.1. The Labute approximate surface area is 210 Å². The number of amides is 1. The van der Waals surface area contributed by atoms with E-state index in [4.69, 9.17) is 21.1 Å². The third-order valence-corrected chi connectivity index (χ3v) is 7.41. The summed E-state index contributed by atoms with van der Waals surface area (Å²) in [7, 11) is -0.992. The minimum Gasteiger partial charge on any atom is -0.493 e. The zero-order valence-electron chi connectivity index (χ0n) is 19.8. The number of benzene rings is 3. The number of carbonyl (C=O) groups is 1. The maximum atomic E-state index is 13.4. The first-order chi connectivity index (χ1) is 16.7. The van der Waals surface area contributed by atoms with E-state index in [-0.39, 0.29) is 10.6 Å². The average Bonchev–Trinajstić information content (AvgIpc) is 2.87. The van der Waals surface area contributed by atoms with Crippen molar-refractivity contribution in [1.29, 1.82) is 0 Å². The van der Waals surface area contributed by atoms with Gasteiger partial charge in [-0.05, 0) is 61.9 Å². The van der Waals surface area contributed by atoms with Gasteiger partial charge in [0.25, 0.3) is 15.9 Å². The lowest BCUT2D eigenvalue weighted by Gasteiger charge is -2.24. The van der Waals surface area contributed by atoms with E-state index in [2.05, 4.69) is 10.5 Å². The molecule has 1 amide bonds. The highest BCUT2D eigenvalue weighted by atomic mass is 35.5. The molecule has 0 fully saturated rings. The largest absolute Gasteiger partial charge is 0.493 e. The number of anilines is 1. The normalized spacial score (nSPS) is 11.6. The molecule has 0 saturated heterocycles. The van der Waals surface area contributed by atoms with E-state index in [9.17, 15) is 13.2 Å². The molecular formula is C25H26ClN3O5S. The van der Waals surface area contributed by atoms with Crippen LogP contribution in [0, 0.1) is 6.92 Å². The van der Waals surface area contributed by atoms with Crippen LogP contribution in [0.1, 0.15) is 18.1 Å². The van der Waals surface area contributed by atoms with Crippen LogP contribution < -0.4 is 19.2 Å². The lowest BCUT2D eigenvalue weighted by atomic mass is 10.1.